The molecule has 0 unspecified atom stereocenters. The van der Waals surface area contributed by atoms with Crippen LogP contribution in [0.25, 0.3) is 0 Å². The molecule has 0 amide bonds. The van der Waals surface area contributed by atoms with Crippen LogP contribution < -0.4 is 4.57 Å². The number of hydrogen-bond acceptors (Lipinski definition) is 6. The number of thiazole rings is 1. The van der Waals surface area contributed by atoms with E-state index in [0.717, 1.165) is 19.6 Å². The number of aromatic nitrogens is 1. The first-order valence-electron chi connectivity index (χ1n) is 7.97. The molecular weight excluding hydrogens is 318 g/mol. The lowest BCUT2D eigenvalue weighted by Gasteiger charge is -2.04. The third-order valence-corrected chi connectivity index (χ3v) is 4.49. The maximum atomic E-state index is 5.59. The zero-order chi connectivity index (χ0) is 16.8. The fourth-order valence-electron chi connectivity index (χ4n) is 1.95. The third-order valence-electron chi connectivity index (χ3n) is 3.34. The Balaban J connectivity index is 2.10. The van der Waals surface area contributed by atoms with Gasteiger partial charge >= 0.3 is 0 Å². The van der Waals surface area contributed by atoms with Crippen molar-refractivity contribution in [3.8, 4) is 0 Å². The van der Waals surface area contributed by atoms with Gasteiger partial charge in [0.05, 0.1) is 51.1 Å². The van der Waals surface area contributed by atoms with Crippen molar-refractivity contribution in [3.05, 3.63) is 16.1 Å². The summed E-state index contributed by atoms with van der Waals surface area (Å²) in [6.45, 7) is 8.22. The van der Waals surface area contributed by atoms with Crippen molar-refractivity contribution >= 4 is 11.3 Å². The van der Waals surface area contributed by atoms with E-state index in [2.05, 4.69) is 17.0 Å². The van der Waals surface area contributed by atoms with Crippen LogP contribution in [-0.2, 0) is 36.6 Å². The molecule has 0 N–H and O–H groups in total. The summed E-state index contributed by atoms with van der Waals surface area (Å²) in [5.41, 5.74) is 3.45. The van der Waals surface area contributed by atoms with Crippen LogP contribution in [0.4, 0.5) is 0 Å². The van der Waals surface area contributed by atoms with Crippen molar-refractivity contribution < 1.29 is 28.3 Å². The van der Waals surface area contributed by atoms with Gasteiger partial charge in [0.15, 0.2) is 12.2 Å². The van der Waals surface area contributed by atoms with E-state index in [1.54, 1.807) is 25.6 Å². The van der Waals surface area contributed by atoms with Gasteiger partial charge in [0.25, 0.3) is 0 Å². The van der Waals surface area contributed by atoms with Crippen LogP contribution in [0.2, 0.25) is 0 Å². The second-order valence-electron chi connectivity index (χ2n) is 5.00. The molecule has 23 heavy (non-hydrogen) atoms. The van der Waals surface area contributed by atoms with Crippen LogP contribution in [-0.4, -0.2) is 67.1 Å². The summed E-state index contributed by atoms with van der Waals surface area (Å²) in [5.74, 6) is 0. The van der Waals surface area contributed by atoms with Gasteiger partial charge in [-0.1, -0.05) is 11.3 Å². The fraction of sp³-hybridized carbons (Fsp3) is 0.812. The van der Waals surface area contributed by atoms with Crippen molar-refractivity contribution in [1.82, 2.24) is 0 Å². The second-order valence-corrected chi connectivity index (χ2v) is 5.94. The van der Waals surface area contributed by atoms with Crippen LogP contribution in [0, 0.1) is 6.92 Å². The predicted molar refractivity (Wildman–Crippen MR) is 89.2 cm³/mol. The van der Waals surface area contributed by atoms with E-state index in [-0.39, 0.29) is 0 Å². The smallest absolute Gasteiger partial charge is 0.225 e. The lowest BCUT2D eigenvalue weighted by atomic mass is 10.3. The molecule has 1 heterocycles. The van der Waals surface area contributed by atoms with E-state index in [0.29, 0.717) is 46.2 Å². The van der Waals surface area contributed by atoms with Gasteiger partial charge in [0.1, 0.15) is 6.61 Å². The van der Waals surface area contributed by atoms with E-state index in [4.69, 9.17) is 23.7 Å². The molecule has 0 bridgehead atoms. The molecule has 1 aromatic heterocycles. The number of methoxy groups -OCH3 is 2. The fourth-order valence-corrected chi connectivity index (χ4v) is 2.96. The average Bonchev–Trinajstić information content (AvgIpc) is 2.90. The average molecular weight is 348 g/mol. The van der Waals surface area contributed by atoms with E-state index in [1.165, 1.54) is 10.6 Å². The quantitative estimate of drug-likeness (QED) is 0.352. The van der Waals surface area contributed by atoms with Crippen molar-refractivity contribution in [2.75, 3.05) is 67.1 Å². The highest BCUT2D eigenvalue weighted by Gasteiger charge is 2.14. The first kappa shape index (κ1) is 20.5. The maximum Gasteiger partial charge on any atom is 0.225 e. The third kappa shape index (κ3) is 9.34. The number of rotatable bonds is 15. The lowest BCUT2D eigenvalue weighted by molar-refractivity contribution is -0.699. The topological polar surface area (TPSA) is 50.0 Å². The molecule has 0 saturated heterocycles. The standard InChI is InChI=1S/C16H30NO5S/c1-15-16(4-6-20-10-8-18-2)23-14-17(15)5-7-21-12-13-22-11-9-19-3/h14H,4-13H2,1-3H3/q+1. The minimum atomic E-state index is 0.612. The van der Waals surface area contributed by atoms with Crippen LogP contribution in [0.5, 0.6) is 0 Å². The van der Waals surface area contributed by atoms with Gasteiger partial charge in [-0.25, -0.2) is 0 Å². The molecule has 7 heteroatoms. The minimum absolute atomic E-state index is 0.612. The van der Waals surface area contributed by atoms with Gasteiger partial charge in [-0.15, -0.1) is 0 Å². The highest BCUT2D eigenvalue weighted by atomic mass is 32.1. The van der Waals surface area contributed by atoms with Crippen molar-refractivity contribution in [2.45, 2.75) is 19.9 Å². The summed E-state index contributed by atoms with van der Waals surface area (Å²) < 4.78 is 28.6. The van der Waals surface area contributed by atoms with Gasteiger partial charge in [-0.05, 0) is 0 Å². The molecule has 0 fully saturated rings. The van der Waals surface area contributed by atoms with Crippen LogP contribution in [0.1, 0.15) is 10.6 Å². The maximum absolute atomic E-state index is 5.59. The van der Waals surface area contributed by atoms with Crippen molar-refractivity contribution in [3.63, 3.8) is 0 Å². The van der Waals surface area contributed by atoms with Crippen LogP contribution in [0.15, 0.2) is 5.51 Å². The van der Waals surface area contributed by atoms with Crippen molar-refractivity contribution in [1.29, 1.82) is 0 Å². The molecule has 6 nitrogen and oxygen atoms in total. The number of nitrogens with zero attached hydrogens (tertiary/aromatic N) is 1. The Bertz CT molecular complexity index is 400. The van der Waals surface area contributed by atoms with E-state index in [9.17, 15) is 0 Å². The zero-order valence-corrected chi connectivity index (χ0v) is 15.4. The summed E-state index contributed by atoms with van der Waals surface area (Å²) in [5, 5.41) is 0. The largest absolute Gasteiger partial charge is 0.382 e. The van der Waals surface area contributed by atoms with E-state index in [1.807, 2.05) is 0 Å². The molecule has 0 aliphatic rings. The van der Waals surface area contributed by atoms with Crippen molar-refractivity contribution in [2.24, 2.45) is 0 Å². The van der Waals surface area contributed by atoms with Gasteiger partial charge in [0.2, 0.25) is 5.51 Å². The van der Waals surface area contributed by atoms with Gasteiger partial charge in [-0.2, -0.15) is 4.57 Å². The van der Waals surface area contributed by atoms with Gasteiger partial charge in [-0.3, -0.25) is 0 Å². The van der Waals surface area contributed by atoms with Gasteiger partial charge < -0.3 is 23.7 Å². The molecule has 0 aliphatic heterocycles. The first-order valence-corrected chi connectivity index (χ1v) is 8.85. The molecule has 0 radical (unpaired) electrons. The Labute approximate surface area is 143 Å². The Morgan fingerprint density at radius 1 is 0.826 bits per heavy atom. The molecule has 0 saturated carbocycles. The Morgan fingerprint density at radius 3 is 2.04 bits per heavy atom. The second kappa shape index (κ2) is 13.8. The van der Waals surface area contributed by atoms with E-state index < -0.39 is 0 Å². The molecule has 0 aliphatic carbocycles. The molecule has 0 spiro atoms. The summed E-state index contributed by atoms with van der Waals surface area (Å²) in [6, 6.07) is 0. The predicted octanol–water partition coefficient (Wildman–Crippen LogP) is 1.23. The SMILES string of the molecule is COCCOCCOCC[n+]1csc(CCOCCOC)c1C. The molecule has 0 aromatic carbocycles. The summed E-state index contributed by atoms with van der Waals surface area (Å²) in [4.78, 5) is 1.37. The normalized spacial score (nSPS) is 11.3. The molecule has 134 valence electrons. The van der Waals surface area contributed by atoms with Gasteiger partial charge in [0, 0.05) is 27.6 Å². The zero-order valence-electron chi connectivity index (χ0n) is 14.5. The Kier molecular flexibility index (Phi) is 12.3. The monoisotopic (exact) mass is 348 g/mol. The minimum Gasteiger partial charge on any atom is -0.382 e. The Hall–Kier alpha value is -0.570. The van der Waals surface area contributed by atoms with E-state index >= 15 is 0 Å². The molecule has 1 rings (SSSR count). The highest BCUT2D eigenvalue weighted by molar-refractivity contribution is 7.09. The number of hydrogen-bond donors (Lipinski definition) is 0. The Morgan fingerprint density at radius 2 is 1.39 bits per heavy atom. The lowest BCUT2D eigenvalue weighted by Crippen LogP contribution is -2.37. The molecule has 0 atom stereocenters. The molecular formula is C16H30NO5S+. The summed E-state index contributed by atoms with van der Waals surface area (Å²) in [6.07, 6.45) is 0.946. The van der Waals surface area contributed by atoms with Crippen LogP contribution >= 0.6 is 11.3 Å². The summed E-state index contributed by atoms with van der Waals surface area (Å²) >= 11 is 1.77. The first-order chi connectivity index (χ1) is 11.3. The highest BCUT2D eigenvalue weighted by Crippen LogP contribution is 2.11. The summed E-state index contributed by atoms with van der Waals surface area (Å²) in [7, 11) is 3.35. The molecule has 1 aromatic rings. The number of ether oxygens (including phenoxy) is 5. The van der Waals surface area contributed by atoms with Crippen LogP contribution in [0.3, 0.4) is 0 Å².